The van der Waals surface area contributed by atoms with Crippen LogP contribution < -0.4 is 0 Å². The third-order valence-corrected chi connectivity index (χ3v) is 5.92. The molecule has 1 aliphatic carbocycles. The summed E-state index contributed by atoms with van der Waals surface area (Å²) < 4.78 is 22.9. The van der Waals surface area contributed by atoms with E-state index in [1.54, 1.807) is 6.92 Å². The average Bonchev–Trinajstić information content (AvgIpc) is 3.10. The van der Waals surface area contributed by atoms with Crippen molar-refractivity contribution < 1.29 is 18.3 Å². The summed E-state index contributed by atoms with van der Waals surface area (Å²) in [5, 5.41) is 8.86. The molecule has 1 N–H and O–H groups in total. The van der Waals surface area contributed by atoms with Crippen LogP contribution in [-0.4, -0.2) is 25.7 Å². The maximum absolute atomic E-state index is 11.8. The van der Waals surface area contributed by atoms with Crippen LogP contribution in [0.4, 0.5) is 0 Å². The predicted molar refractivity (Wildman–Crippen MR) is 72.7 cm³/mol. The fourth-order valence-electron chi connectivity index (χ4n) is 2.37. The molecular weight excluding hydrogens is 264 g/mol. The highest BCUT2D eigenvalue weighted by molar-refractivity contribution is 7.92. The van der Waals surface area contributed by atoms with Gasteiger partial charge in [-0.25, -0.2) is 8.42 Å². The quantitative estimate of drug-likeness (QED) is 0.896. The molecule has 104 valence electrons. The normalized spacial score (nSPS) is 18.8. The van der Waals surface area contributed by atoms with E-state index in [0.717, 1.165) is 11.1 Å². The van der Waals surface area contributed by atoms with Crippen molar-refractivity contribution in [2.24, 2.45) is 5.92 Å². The van der Waals surface area contributed by atoms with Crippen molar-refractivity contribution in [3.8, 4) is 0 Å². The lowest BCUT2D eigenvalue weighted by Crippen LogP contribution is -2.19. The van der Waals surface area contributed by atoms with E-state index in [9.17, 15) is 13.2 Å². The maximum Gasteiger partial charge on any atom is 0.306 e. The third-order valence-electron chi connectivity index (χ3n) is 3.86. The van der Waals surface area contributed by atoms with E-state index < -0.39 is 26.5 Å². The molecule has 4 nitrogen and oxygen atoms in total. The van der Waals surface area contributed by atoms with Crippen LogP contribution in [0.5, 0.6) is 0 Å². The molecule has 1 aromatic carbocycles. The molecule has 0 heterocycles. The molecule has 1 aliphatic rings. The van der Waals surface area contributed by atoms with Crippen LogP contribution in [0.15, 0.2) is 24.3 Å². The summed E-state index contributed by atoms with van der Waals surface area (Å²) in [4.78, 5) is 10.8. The Kier molecular flexibility index (Phi) is 3.43. The monoisotopic (exact) mass is 282 g/mol. The van der Waals surface area contributed by atoms with Gasteiger partial charge in [-0.1, -0.05) is 31.2 Å². The van der Waals surface area contributed by atoms with Crippen molar-refractivity contribution in [3.63, 3.8) is 0 Å². The molecule has 2 rings (SSSR count). The zero-order chi connectivity index (χ0) is 14.3. The minimum atomic E-state index is -3.09. The predicted octanol–water partition coefficient (Wildman–Crippen LogP) is 1.98. The Morgan fingerprint density at radius 3 is 2.21 bits per heavy atom. The second-order valence-corrected chi connectivity index (χ2v) is 7.73. The first-order valence-corrected chi connectivity index (χ1v) is 8.17. The second kappa shape index (κ2) is 4.63. The van der Waals surface area contributed by atoms with Crippen LogP contribution in [-0.2, 0) is 25.8 Å². The highest BCUT2D eigenvalue weighted by Crippen LogP contribution is 2.52. The number of aliphatic carboxylic acids is 1. The highest BCUT2D eigenvalue weighted by Gasteiger charge is 2.53. The summed E-state index contributed by atoms with van der Waals surface area (Å²) in [6.07, 6.45) is 3.09. The van der Waals surface area contributed by atoms with Gasteiger partial charge < -0.3 is 5.11 Å². The lowest BCUT2D eigenvalue weighted by Gasteiger charge is -2.14. The van der Waals surface area contributed by atoms with Crippen molar-refractivity contribution in [2.45, 2.75) is 30.9 Å². The van der Waals surface area contributed by atoms with Crippen molar-refractivity contribution in [1.29, 1.82) is 0 Å². The van der Waals surface area contributed by atoms with E-state index in [4.69, 9.17) is 5.11 Å². The number of carboxylic acid groups (broad SMARTS) is 1. The van der Waals surface area contributed by atoms with Gasteiger partial charge in [-0.3, -0.25) is 4.79 Å². The maximum atomic E-state index is 11.8. The van der Waals surface area contributed by atoms with Crippen molar-refractivity contribution in [2.75, 3.05) is 6.26 Å². The van der Waals surface area contributed by atoms with Gasteiger partial charge in [-0.2, -0.15) is 0 Å². The summed E-state index contributed by atoms with van der Waals surface area (Å²) in [5.41, 5.74) is 1.74. The summed E-state index contributed by atoms with van der Waals surface area (Å²) in [7, 11) is -3.09. The van der Waals surface area contributed by atoms with E-state index in [0.29, 0.717) is 19.3 Å². The Morgan fingerprint density at radius 2 is 1.84 bits per heavy atom. The van der Waals surface area contributed by atoms with Gasteiger partial charge in [0, 0.05) is 6.26 Å². The van der Waals surface area contributed by atoms with Crippen LogP contribution in [0.25, 0.3) is 0 Å². The van der Waals surface area contributed by atoms with E-state index in [1.807, 2.05) is 24.3 Å². The molecular formula is C14H18O4S. The van der Waals surface area contributed by atoms with E-state index in [2.05, 4.69) is 0 Å². The lowest BCUT2D eigenvalue weighted by atomic mass is 9.99. The first-order chi connectivity index (χ1) is 8.76. The van der Waals surface area contributed by atoms with Gasteiger partial charge in [-0.05, 0) is 30.4 Å². The smallest absolute Gasteiger partial charge is 0.306 e. The molecule has 1 aromatic rings. The molecule has 0 amide bonds. The first kappa shape index (κ1) is 14.1. The van der Waals surface area contributed by atoms with Gasteiger partial charge in [-0.15, -0.1) is 0 Å². The average molecular weight is 282 g/mol. The fourth-order valence-corrected chi connectivity index (χ4v) is 3.78. The second-order valence-electron chi connectivity index (χ2n) is 5.41. The van der Waals surface area contributed by atoms with Gasteiger partial charge >= 0.3 is 5.97 Å². The molecule has 0 aromatic heterocycles. The minimum Gasteiger partial charge on any atom is -0.481 e. The number of benzene rings is 1. The van der Waals surface area contributed by atoms with Crippen molar-refractivity contribution in [3.05, 3.63) is 35.4 Å². The number of hydrogen-bond acceptors (Lipinski definition) is 3. The minimum absolute atomic E-state index is 0.435. The Morgan fingerprint density at radius 1 is 1.32 bits per heavy atom. The number of carbonyl (C=O) groups is 1. The molecule has 19 heavy (non-hydrogen) atoms. The standard InChI is InChI=1S/C14H18O4S/c1-10(13(15)16)9-11-3-5-12(6-4-11)14(7-8-14)19(2,17)18/h3-6,10H,7-9H2,1-2H3,(H,15,16). The summed E-state index contributed by atoms with van der Waals surface area (Å²) >= 11 is 0. The molecule has 1 fully saturated rings. The fraction of sp³-hybridized carbons (Fsp3) is 0.500. The molecule has 1 saturated carbocycles. The molecule has 1 atom stereocenters. The topological polar surface area (TPSA) is 71.4 Å². The molecule has 0 aliphatic heterocycles. The molecule has 1 unspecified atom stereocenters. The first-order valence-electron chi connectivity index (χ1n) is 6.28. The van der Waals surface area contributed by atoms with Gasteiger partial charge in [0.2, 0.25) is 0 Å². The van der Waals surface area contributed by atoms with Crippen LogP contribution in [0.2, 0.25) is 0 Å². The molecule has 0 bridgehead atoms. The molecule has 0 radical (unpaired) electrons. The molecule has 5 heteroatoms. The summed E-state index contributed by atoms with van der Waals surface area (Å²) in [6.45, 7) is 1.66. The number of rotatable bonds is 5. The van der Waals surface area contributed by atoms with Gasteiger partial charge in [0.25, 0.3) is 0 Å². The number of carboxylic acids is 1. The van der Waals surface area contributed by atoms with Gasteiger partial charge in [0.1, 0.15) is 0 Å². The van der Waals surface area contributed by atoms with Crippen LogP contribution in [0.1, 0.15) is 30.9 Å². The van der Waals surface area contributed by atoms with E-state index >= 15 is 0 Å². The summed E-state index contributed by atoms with van der Waals surface area (Å²) in [6, 6.07) is 7.30. The largest absolute Gasteiger partial charge is 0.481 e. The third kappa shape index (κ3) is 2.66. The van der Waals surface area contributed by atoms with Crippen LogP contribution in [0, 0.1) is 5.92 Å². The van der Waals surface area contributed by atoms with Crippen molar-refractivity contribution >= 4 is 15.8 Å². The Hall–Kier alpha value is -1.36. The summed E-state index contributed by atoms with van der Waals surface area (Å²) in [5.74, 6) is -1.26. The van der Waals surface area contributed by atoms with Crippen LogP contribution in [0.3, 0.4) is 0 Å². The lowest BCUT2D eigenvalue weighted by molar-refractivity contribution is -0.141. The Balaban J connectivity index is 2.18. The van der Waals surface area contributed by atoms with Crippen LogP contribution >= 0.6 is 0 Å². The molecule has 0 spiro atoms. The van der Waals surface area contributed by atoms with Gasteiger partial charge in [0.15, 0.2) is 9.84 Å². The van der Waals surface area contributed by atoms with Gasteiger partial charge in [0.05, 0.1) is 10.7 Å². The highest BCUT2D eigenvalue weighted by atomic mass is 32.2. The van der Waals surface area contributed by atoms with E-state index in [1.165, 1.54) is 6.26 Å². The Bertz CT molecular complexity index is 582. The zero-order valence-electron chi connectivity index (χ0n) is 11.1. The molecule has 0 saturated heterocycles. The van der Waals surface area contributed by atoms with E-state index in [-0.39, 0.29) is 0 Å². The zero-order valence-corrected chi connectivity index (χ0v) is 11.9. The Labute approximate surface area is 113 Å². The number of hydrogen-bond donors (Lipinski definition) is 1. The SMILES string of the molecule is CC(Cc1ccc(C2(S(C)(=O)=O)CC2)cc1)C(=O)O. The number of sulfone groups is 1. The van der Waals surface area contributed by atoms with Crippen molar-refractivity contribution in [1.82, 2.24) is 0 Å².